The second kappa shape index (κ2) is 6.25. The van der Waals surface area contributed by atoms with E-state index in [1.54, 1.807) is 30.7 Å². The van der Waals surface area contributed by atoms with Gasteiger partial charge in [-0.25, -0.2) is 14.8 Å². The molecule has 1 atom stereocenters. The second-order valence-corrected chi connectivity index (χ2v) is 5.93. The predicted molar refractivity (Wildman–Crippen MR) is 94.2 cm³/mol. The standard InChI is InChI=1S/C18H17N5O3/c1-2-26-17(25)11-8-21-15-14(11)10-7-9(3-4-13(10)22-16(15)24)12-5-6-20-18(19)23-12/h3-8,16,21-22,24H,2H2,1H3,(H2,19,20,23)/p+1. The van der Waals surface area contributed by atoms with E-state index in [-0.39, 0.29) is 12.6 Å². The van der Waals surface area contributed by atoms with Crippen LogP contribution in [-0.2, 0) is 4.74 Å². The van der Waals surface area contributed by atoms with E-state index in [1.165, 1.54) is 0 Å². The van der Waals surface area contributed by atoms with Crippen LogP contribution in [0.1, 0.15) is 29.2 Å². The third kappa shape index (κ3) is 2.61. The first kappa shape index (κ1) is 16.2. The normalized spacial score (nSPS) is 15.2. The number of hydrogen-bond donors (Lipinski definition) is 4. The maximum atomic E-state index is 12.3. The Morgan fingerprint density at radius 1 is 1.42 bits per heavy atom. The molecule has 1 unspecified atom stereocenters. The zero-order valence-corrected chi connectivity index (χ0v) is 14.1. The summed E-state index contributed by atoms with van der Waals surface area (Å²) in [6.07, 6.45) is 2.35. The summed E-state index contributed by atoms with van der Waals surface area (Å²) in [4.78, 5) is 23.5. The second-order valence-electron chi connectivity index (χ2n) is 5.93. The Labute approximate surface area is 149 Å². The van der Waals surface area contributed by atoms with Gasteiger partial charge in [0.1, 0.15) is 11.4 Å². The van der Waals surface area contributed by atoms with Crippen molar-refractivity contribution in [1.29, 1.82) is 0 Å². The number of quaternary nitrogens is 1. The van der Waals surface area contributed by atoms with Crippen LogP contribution in [0.2, 0.25) is 0 Å². The molecule has 0 saturated heterocycles. The molecule has 1 aliphatic rings. The molecule has 132 valence electrons. The number of aromatic amines is 1. The predicted octanol–water partition coefficient (Wildman–Crippen LogP) is 1.10. The van der Waals surface area contributed by atoms with E-state index >= 15 is 0 Å². The van der Waals surface area contributed by atoms with Crippen molar-refractivity contribution in [1.82, 2.24) is 15.0 Å². The van der Waals surface area contributed by atoms with Crippen LogP contribution in [0.25, 0.3) is 22.4 Å². The number of carbonyl (C=O) groups excluding carboxylic acids is 1. The van der Waals surface area contributed by atoms with Crippen molar-refractivity contribution in [3.63, 3.8) is 0 Å². The van der Waals surface area contributed by atoms with Crippen LogP contribution >= 0.6 is 0 Å². The molecule has 0 fully saturated rings. The summed E-state index contributed by atoms with van der Waals surface area (Å²) in [5.41, 5.74) is 10.5. The minimum absolute atomic E-state index is 0.191. The van der Waals surface area contributed by atoms with Crippen molar-refractivity contribution in [2.45, 2.75) is 13.2 Å². The van der Waals surface area contributed by atoms with Crippen LogP contribution in [0.15, 0.2) is 36.7 Å². The van der Waals surface area contributed by atoms with E-state index in [0.29, 0.717) is 22.5 Å². The van der Waals surface area contributed by atoms with Gasteiger partial charge in [-0.1, -0.05) is 0 Å². The average molecular weight is 352 g/mol. The van der Waals surface area contributed by atoms with Gasteiger partial charge in [-0.05, 0) is 25.1 Å². The van der Waals surface area contributed by atoms with Crippen LogP contribution in [0.4, 0.5) is 11.6 Å². The maximum Gasteiger partial charge on any atom is 0.340 e. The van der Waals surface area contributed by atoms with E-state index in [4.69, 9.17) is 10.5 Å². The smallest absolute Gasteiger partial charge is 0.340 e. The SMILES string of the molecule is CCOC(=O)c1c[nH]c2c1-c1cc(-c3ccnc(N)n3)ccc1[NH2+]C2O. The van der Waals surface area contributed by atoms with Gasteiger partial charge in [0.05, 0.1) is 17.9 Å². The Bertz CT molecular complexity index is 998. The molecular formula is C18H18N5O3+. The quantitative estimate of drug-likeness (QED) is 0.412. The number of esters is 1. The van der Waals surface area contributed by atoms with Crippen LogP contribution < -0.4 is 11.1 Å². The number of hydrogen-bond acceptors (Lipinski definition) is 6. The number of aliphatic hydroxyl groups is 1. The van der Waals surface area contributed by atoms with E-state index in [9.17, 15) is 9.90 Å². The topological polar surface area (TPSA) is 131 Å². The number of carbonyl (C=O) groups is 1. The van der Waals surface area contributed by atoms with E-state index in [0.717, 1.165) is 16.8 Å². The van der Waals surface area contributed by atoms with Crippen LogP contribution in [0.3, 0.4) is 0 Å². The highest BCUT2D eigenvalue weighted by molar-refractivity contribution is 6.00. The molecule has 4 rings (SSSR count). The van der Waals surface area contributed by atoms with Crippen molar-refractivity contribution in [3.8, 4) is 22.4 Å². The highest BCUT2D eigenvalue weighted by atomic mass is 16.5. The van der Waals surface area contributed by atoms with Crippen molar-refractivity contribution in [2.75, 3.05) is 12.3 Å². The van der Waals surface area contributed by atoms with Gasteiger partial charge in [0, 0.05) is 35.2 Å². The molecule has 0 amide bonds. The summed E-state index contributed by atoms with van der Waals surface area (Å²) < 4.78 is 5.15. The van der Waals surface area contributed by atoms with Gasteiger partial charge in [0.15, 0.2) is 0 Å². The lowest BCUT2D eigenvalue weighted by Crippen LogP contribution is -2.80. The zero-order chi connectivity index (χ0) is 18.3. The Morgan fingerprint density at radius 2 is 2.27 bits per heavy atom. The van der Waals surface area contributed by atoms with Crippen molar-refractivity contribution < 1.29 is 20.0 Å². The largest absolute Gasteiger partial charge is 0.462 e. The summed E-state index contributed by atoms with van der Waals surface area (Å²) in [6.45, 7) is 2.03. The van der Waals surface area contributed by atoms with Gasteiger partial charge in [0.2, 0.25) is 12.2 Å². The van der Waals surface area contributed by atoms with Gasteiger partial charge in [0.25, 0.3) is 0 Å². The van der Waals surface area contributed by atoms with Gasteiger partial charge in [-0.3, -0.25) is 5.32 Å². The first-order valence-electron chi connectivity index (χ1n) is 8.23. The Balaban J connectivity index is 1.88. The molecule has 1 aromatic carbocycles. The van der Waals surface area contributed by atoms with Crippen LogP contribution in [0, 0.1) is 0 Å². The molecule has 8 heteroatoms. The van der Waals surface area contributed by atoms with Gasteiger partial charge < -0.3 is 20.6 Å². The molecular weight excluding hydrogens is 334 g/mol. The van der Waals surface area contributed by atoms with E-state index in [2.05, 4.69) is 15.0 Å². The van der Waals surface area contributed by atoms with Crippen molar-refractivity contribution in [3.05, 3.63) is 47.9 Å². The molecule has 3 aromatic rings. The molecule has 2 aromatic heterocycles. The molecule has 0 bridgehead atoms. The summed E-state index contributed by atoms with van der Waals surface area (Å²) in [5, 5.41) is 12.1. The fraction of sp³-hybridized carbons (Fsp3) is 0.167. The van der Waals surface area contributed by atoms with Crippen molar-refractivity contribution in [2.24, 2.45) is 0 Å². The van der Waals surface area contributed by atoms with Gasteiger partial charge in [-0.15, -0.1) is 0 Å². The van der Waals surface area contributed by atoms with E-state index in [1.807, 2.05) is 18.2 Å². The number of benzene rings is 1. The number of nitrogens with two attached hydrogens (primary N) is 2. The molecule has 0 saturated carbocycles. The number of H-pyrrole nitrogens is 1. The number of ether oxygens (including phenoxy) is 1. The zero-order valence-electron chi connectivity index (χ0n) is 14.1. The minimum atomic E-state index is -0.818. The fourth-order valence-electron chi connectivity index (χ4n) is 3.20. The monoisotopic (exact) mass is 352 g/mol. The Kier molecular flexibility index (Phi) is 3.90. The number of nitrogen functional groups attached to an aromatic ring is 1. The molecule has 0 spiro atoms. The lowest BCUT2D eigenvalue weighted by Gasteiger charge is -2.20. The van der Waals surface area contributed by atoms with Gasteiger partial charge in [-0.2, -0.15) is 0 Å². The maximum absolute atomic E-state index is 12.3. The molecule has 0 radical (unpaired) electrons. The highest BCUT2D eigenvalue weighted by Crippen LogP contribution is 2.39. The number of rotatable bonds is 3. The number of nitrogens with zero attached hydrogens (tertiary/aromatic N) is 2. The third-order valence-corrected chi connectivity index (χ3v) is 4.33. The summed E-state index contributed by atoms with van der Waals surface area (Å²) in [5.74, 6) is -0.238. The summed E-state index contributed by atoms with van der Waals surface area (Å²) >= 11 is 0. The average Bonchev–Trinajstić information content (AvgIpc) is 3.08. The molecule has 8 nitrogen and oxygen atoms in total. The molecule has 26 heavy (non-hydrogen) atoms. The van der Waals surface area contributed by atoms with Crippen LogP contribution in [0.5, 0.6) is 0 Å². The number of nitrogens with one attached hydrogen (secondary N) is 1. The summed E-state index contributed by atoms with van der Waals surface area (Å²) in [7, 11) is 0. The number of fused-ring (bicyclic) bond motifs is 3. The first-order chi connectivity index (χ1) is 12.6. The summed E-state index contributed by atoms with van der Waals surface area (Å²) in [6, 6.07) is 7.47. The van der Waals surface area contributed by atoms with Gasteiger partial charge >= 0.3 is 5.97 Å². The number of aliphatic hydroxyl groups excluding tert-OH is 1. The molecule has 0 aliphatic carbocycles. The lowest BCUT2D eigenvalue weighted by atomic mass is 9.93. The van der Waals surface area contributed by atoms with Crippen molar-refractivity contribution >= 4 is 17.6 Å². The molecule has 6 N–H and O–H groups in total. The Morgan fingerprint density at radius 3 is 3.04 bits per heavy atom. The Hall–Kier alpha value is -3.23. The lowest BCUT2D eigenvalue weighted by molar-refractivity contribution is -0.662. The third-order valence-electron chi connectivity index (χ3n) is 4.33. The number of aromatic nitrogens is 3. The van der Waals surface area contributed by atoms with Crippen LogP contribution in [-0.4, -0.2) is 32.6 Å². The minimum Gasteiger partial charge on any atom is -0.462 e. The van der Waals surface area contributed by atoms with E-state index < -0.39 is 12.2 Å². The first-order valence-corrected chi connectivity index (χ1v) is 8.23. The highest BCUT2D eigenvalue weighted by Gasteiger charge is 2.33. The number of anilines is 1. The molecule has 1 aliphatic heterocycles. The molecule has 3 heterocycles. The fourth-order valence-corrected chi connectivity index (χ4v) is 3.20.